The van der Waals surface area contributed by atoms with Crippen molar-refractivity contribution < 1.29 is 5.11 Å². The minimum Gasteiger partial charge on any atom is -0.385 e. The number of benzene rings is 1. The first kappa shape index (κ1) is 17.7. The zero-order valence-corrected chi connectivity index (χ0v) is 14.6. The van der Waals surface area contributed by atoms with Gasteiger partial charge in [0.1, 0.15) is 0 Å². The Morgan fingerprint density at radius 1 is 1.00 bits per heavy atom. The predicted octanol–water partition coefficient (Wildman–Crippen LogP) is 6.19. The molecule has 0 aliphatic rings. The van der Waals surface area contributed by atoms with Crippen LogP contribution in [0.5, 0.6) is 0 Å². The normalized spacial score (nSPS) is 14.2. The molecule has 0 spiro atoms. The summed E-state index contributed by atoms with van der Waals surface area (Å²) in [7, 11) is 0. The molecule has 1 aromatic carbocycles. The van der Waals surface area contributed by atoms with Crippen molar-refractivity contribution in [3.8, 4) is 0 Å². The fraction of sp³-hybridized carbons (Fsp3) is 0.667. The fourth-order valence-electron chi connectivity index (χ4n) is 2.68. The van der Waals surface area contributed by atoms with E-state index in [0.29, 0.717) is 0 Å². The second-order valence-corrected chi connectivity index (χ2v) is 6.68. The van der Waals surface area contributed by atoms with Crippen LogP contribution in [0.2, 0.25) is 0 Å². The van der Waals surface area contributed by atoms with Gasteiger partial charge in [0.2, 0.25) is 0 Å². The highest BCUT2D eigenvalue weighted by atomic mass is 79.9. The lowest BCUT2D eigenvalue weighted by atomic mass is 9.86. The van der Waals surface area contributed by atoms with Gasteiger partial charge in [0.15, 0.2) is 0 Å². The molecule has 20 heavy (non-hydrogen) atoms. The summed E-state index contributed by atoms with van der Waals surface area (Å²) in [6.45, 7) is 4.32. The Morgan fingerprint density at radius 3 is 2.25 bits per heavy atom. The van der Waals surface area contributed by atoms with Crippen LogP contribution in [-0.2, 0) is 5.60 Å². The molecule has 0 radical (unpaired) electrons. The number of rotatable bonds is 10. The summed E-state index contributed by atoms with van der Waals surface area (Å²) in [6.07, 6.45) is 10.7. The molecule has 0 bridgehead atoms. The zero-order chi connectivity index (χ0) is 14.8. The van der Waals surface area contributed by atoms with Crippen molar-refractivity contribution in [3.63, 3.8) is 0 Å². The lowest BCUT2D eigenvalue weighted by molar-refractivity contribution is 0.0206. The minimum absolute atomic E-state index is 0.660. The predicted molar refractivity (Wildman–Crippen MR) is 90.9 cm³/mol. The Kier molecular flexibility index (Phi) is 8.47. The maximum atomic E-state index is 10.8. The average Bonchev–Trinajstić information content (AvgIpc) is 2.46. The lowest BCUT2D eigenvalue weighted by Gasteiger charge is -2.27. The van der Waals surface area contributed by atoms with E-state index in [-0.39, 0.29) is 0 Å². The van der Waals surface area contributed by atoms with E-state index in [4.69, 9.17) is 0 Å². The van der Waals surface area contributed by atoms with Gasteiger partial charge in [0.25, 0.3) is 0 Å². The minimum atomic E-state index is -0.660. The van der Waals surface area contributed by atoms with E-state index in [1.807, 2.05) is 24.3 Å². The van der Waals surface area contributed by atoms with Crippen molar-refractivity contribution in [2.75, 3.05) is 0 Å². The third kappa shape index (κ3) is 5.97. The van der Waals surface area contributed by atoms with Gasteiger partial charge in [-0.25, -0.2) is 0 Å². The fourth-order valence-corrected chi connectivity index (χ4v) is 3.08. The number of hydrogen-bond donors (Lipinski definition) is 1. The first-order chi connectivity index (χ1) is 9.62. The van der Waals surface area contributed by atoms with Crippen LogP contribution in [0, 0.1) is 0 Å². The first-order valence-electron chi connectivity index (χ1n) is 8.11. The van der Waals surface area contributed by atoms with Crippen LogP contribution in [-0.4, -0.2) is 5.11 Å². The van der Waals surface area contributed by atoms with Crippen LogP contribution in [0.3, 0.4) is 0 Å². The molecule has 0 saturated carbocycles. The van der Waals surface area contributed by atoms with E-state index in [1.54, 1.807) is 0 Å². The molecule has 0 aromatic heterocycles. The highest BCUT2D eigenvalue weighted by molar-refractivity contribution is 9.10. The molecule has 1 nitrogen and oxygen atoms in total. The van der Waals surface area contributed by atoms with Gasteiger partial charge < -0.3 is 5.11 Å². The van der Waals surface area contributed by atoms with Gasteiger partial charge >= 0.3 is 0 Å². The van der Waals surface area contributed by atoms with E-state index in [0.717, 1.165) is 29.3 Å². The largest absolute Gasteiger partial charge is 0.385 e. The maximum Gasteiger partial charge on any atom is 0.0894 e. The SMILES string of the molecule is CCCCCCCCCC(O)(CC)c1cccc(Br)c1. The van der Waals surface area contributed by atoms with Crippen molar-refractivity contribution >= 4 is 15.9 Å². The molecular formula is C18H29BrO. The molecular weight excluding hydrogens is 312 g/mol. The summed E-state index contributed by atoms with van der Waals surface area (Å²) >= 11 is 3.49. The molecule has 114 valence electrons. The Morgan fingerprint density at radius 2 is 1.65 bits per heavy atom. The van der Waals surface area contributed by atoms with E-state index in [9.17, 15) is 5.11 Å². The number of halogens is 1. The quantitative estimate of drug-likeness (QED) is 0.503. The van der Waals surface area contributed by atoms with E-state index < -0.39 is 5.60 Å². The number of aliphatic hydroxyl groups is 1. The standard InChI is InChI=1S/C18H29BrO/c1-3-5-6-7-8-9-10-14-18(20,4-2)16-12-11-13-17(19)15-16/h11-13,15,20H,3-10,14H2,1-2H3. The maximum absolute atomic E-state index is 10.8. The second-order valence-electron chi connectivity index (χ2n) is 5.77. The van der Waals surface area contributed by atoms with Crippen molar-refractivity contribution in [1.82, 2.24) is 0 Å². The van der Waals surface area contributed by atoms with Crippen LogP contribution < -0.4 is 0 Å². The van der Waals surface area contributed by atoms with Gasteiger partial charge in [-0.3, -0.25) is 0 Å². The zero-order valence-electron chi connectivity index (χ0n) is 13.0. The van der Waals surface area contributed by atoms with Crippen LogP contribution in [0.25, 0.3) is 0 Å². The van der Waals surface area contributed by atoms with Gasteiger partial charge in [-0.2, -0.15) is 0 Å². The Balaban J connectivity index is 2.38. The van der Waals surface area contributed by atoms with Gasteiger partial charge in [0, 0.05) is 4.47 Å². The summed E-state index contributed by atoms with van der Waals surface area (Å²) in [5.41, 5.74) is 0.382. The van der Waals surface area contributed by atoms with Crippen LogP contribution in [0.1, 0.15) is 77.2 Å². The molecule has 0 aliphatic carbocycles. The average molecular weight is 341 g/mol. The Labute approximate surface area is 132 Å². The molecule has 0 heterocycles. The topological polar surface area (TPSA) is 20.2 Å². The van der Waals surface area contributed by atoms with Gasteiger partial charge in [-0.1, -0.05) is 86.9 Å². The smallest absolute Gasteiger partial charge is 0.0894 e. The monoisotopic (exact) mass is 340 g/mol. The van der Waals surface area contributed by atoms with E-state index in [2.05, 4.69) is 29.8 Å². The van der Waals surface area contributed by atoms with E-state index >= 15 is 0 Å². The third-order valence-corrected chi connectivity index (χ3v) is 4.63. The van der Waals surface area contributed by atoms with Crippen molar-refractivity contribution in [1.29, 1.82) is 0 Å². The second kappa shape index (κ2) is 9.57. The van der Waals surface area contributed by atoms with Crippen LogP contribution in [0.15, 0.2) is 28.7 Å². The lowest BCUT2D eigenvalue weighted by Crippen LogP contribution is -2.24. The highest BCUT2D eigenvalue weighted by Crippen LogP contribution is 2.32. The van der Waals surface area contributed by atoms with Crippen molar-refractivity contribution in [2.45, 2.75) is 77.2 Å². The molecule has 1 unspecified atom stereocenters. The Bertz CT molecular complexity index is 377. The number of unbranched alkanes of at least 4 members (excludes halogenated alkanes) is 6. The van der Waals surface area contributed by atoms with Crippen molar-refractivity contribution in [2.24, 2.45) is 0 Å². The summed E-state index contributed by atoms with van der Waals surface area (Å²) in [5.74, 6) is 0. The van der Waals surface area contributed by atoms with Crippen molar-refractivity contribution in [3.05, 3.63) is 34.3 Å². The molecule has 2 heteroatoms. The van der Waals surface area contributed by atoms with E-state index in [1.165, 1.54) is 38.5 Å². The van der Waals surface area contributed by atoms with Gasteiger partial charge in [-0.15, -0.1) is 0 Å². The highest BCUT2D eigenvalue weighted by Gasteiger charge is 2.26. The number of hydrogen-bond acceptors (Lipinski definition) is 1. The summed E-state index contributed by atoms with van der Waals surface area (Å²) < 4.78 is 1.04. The molecule has 1 rings (SSSR count). The summed E-state index contributed by atoms with van der Waals surface area (Å²) in [5, 5.41) is 10.8. The molecule has 1 N–H and O–H groups in total. The molecule has 0 amide bonds. The first-order valence-corrected chi connectivity index (χ1v) is 8.90. The summed E-state index contributed by atoms with van der Waals surface area (Å²) in [4.78, 5) is 0. The molecule has 0 saturated heterocycles. The molecule has 1 atom stereocenters. The van der Waals surface area contributed by atoms with Crippen LogP contribution in [0.4, 0.5) is 0 Å². The molecule has 1 aromatic rings. The third-order valence-electron chi connectivity index (χ3n) is 4.14. The van der Waals surface area contributed by atoms with Gasteiger partial charge in [-0.05, 0) is 30.5 Å². The van der Waals surface area contributed by atoms with Crippen LogP contribution >= 0.6 is 15.9 Å². The molecule has 0 fully saturated rings. The van der Waals surface area contributed by atoms with Gasteiger partial charge in [0.05, 0.1) is 5.60 Å². The Hall–Kier alpha value is -0.340. The summed E-state index contributed by atoms with van der Waals surface area (Å²) in [6, 6.07) is 8.10. The molecule has 0 aliphatic heterocycles.